The number of thiazole rings is 1. The summed E-state index contributed by atoms with van der Waals surface area (Å²) in [5.41, 5.74) is 2.19. The number of likely N-dealkylation sites (tertiary alicyclic amines) is 1. The summed E-state index contributed by atoms with van der Waals surface area (Å²) in [6.07, 6.45) is 0. The molecule has 0 saturated carbocycles. The van der Waals surface area contributed by atoms with Gasteiger partial charge in [-0.1, -0.05) is 41.7 Å². The lowest BCUT2D eigenvalue weighted by atomic mass is 10.0. The van der Waals surface area contributed by atoms with E-state index in [0.717, 1.165) is 35.6 Å². The number of hydrogen-bond donors (Lipinski definition) is 0. The van der Waals surface area contributed by atoms with Crippen molar-refractivity contribution < 1.29 is 13.2 Å². The van der Waals surface area contributed by atoms with Crippen LogP contribution in [0.1, 0.15) is 5.56 Å². The number of para-hydroxylation sites is 1. The fourth-order valence-corrected chi connectivity index (χ4v) is 8.36. The van der Waals surface area contributed by atoms with Crippen molar-refractivity contribution in [3.8, 4) is 10.9 Å². The van der Waals surface area contributed by atoms with Gasteiger partial charge in [0.25, 0.3) is 15.2 Å². The second-order valence-electron chi connectivity index (χ2n) is 8.66. The van der Waals surface area contributed by atoms with Crippen molar-refractivity contribution >= 4 is 42.9 Å². The Labute approximate surface area is 201 Å². The highest BCUT2D eigenvalue weighted by Crippen LogP contribution is 2.36. The molecular weight excluding hydrogens is 474 g/mol. The number of rotatable bonds is 6. The first-order valence-electron chi connectivity index (χ1n) is 10.9. The second-order valence-corrected chi connectivity index (χ2v) is 12.8. The van der Waals surface area contributed by atoms with E-state index < -0.39 is 10.0 Å². The lowest BCUT2D eigenvalue weighted by Crippen LogP contribution is -2.32. The van der Waals surface area contributed by atoms with E-state index in [4.69, 9.17) is 4.74 Å². The van der Waals surface area contributed by atoms with Gasteiger partial charge in [-0.3, -0.25) is 4.90 Å². The van der Waals surface area contributed by atoms with Crippen molar-refractivity contribution in [2.45, 2.75) is 10.8 Å². The molecule has 2 saturated heterocycles. The van der Waals surface area contributed by atoms with Crippen LogP contribution in [0.15, 0.2) is 70.3 Å². The van der Waals surface area contributed by atoms with Gasteiger partial charge >= 0.3 is 0 Å². The number of thiophene rings is 1. The Kier molecular flexibility index (Phi) is 5.46. The molecule has 2 unspecified atom stereocenters. The predicted octanol–water partition coefficient (Wildman–Crippen LogP) is 4.90. The second kappa shape index (κ2) is 8.48. The summed E-state index contributed by atoms with van der Waals surface area (Å²) in [4.78, 5) is 6.97. The Morgan fingerprint density at radius 1 is 0.939 bits per heavy atom. The number of sulfonamides is 1. The smallest absolute Gasteiger partial charge is 0.279 e. The average molecular weight is 498 g/mol. The Morgan fingerprint density at radius 2 is 1.70 bits per heavy atom. The summed E-state index contributed by atoms with van der Waals surface area (Å²) in [5, 5.41) is 2.47. The Hall–Kier alpha value is -2.30. The van der Waals surface area contributed by atoms with Gasteiger partial charge in [0, 0.05) is 32.7 Å². The number of nitrogens with zero attached hydrogens (tertiary/aromatic N) is 3. The van der Waals surface area contributed by atoms with Gasteiger partial charge in [0.1, 0.15) is 9.96 Å². The van der Waals surface area contributed by atoms with Crippen LogP contribution >= 0.6 is 22.7 Å². The topological polar surface area (TPSA) is 62.7 Å². The summed E-state index contributed by atoms with van der Waals surface area (Å²) in [6.45, 7) is 3.98. The molecule has 2 fully saturated rings. The molecule has 4 heterocycles. The molecule has 170 valence electrons. The lowest BCUT2D eigenvalue weighted by Gasteiger charge is -2.21. The van der Waals surface area contributed by atoms with Gasteiger partial charge in [0.05, 0.1) is 10.2 Å². The molecule has 2 atom stereocenters. The summed E-state index contributed by atoms with van der Waals surface area (Å²) in [7, 11) is -3.34. The van der Waals surface area contributed by atoms with E-state index >= 15 is 0 Å². The van der Waals surface area contributed by atoms with Crippen LogP contribution in [-0.2, 0) is 16.6 Å². The minimum atomic E-state index is -3.34. The molecule has 0 radical (unpaired) electrons. The van der Waals surface area contributed by atoms with E-state index in [0.29, 0.717) is 34.3 Å². The molecule has 6 rings (SSSR count). The molecule has 6 nitrogen and oxygen atoms in total. The molecule has 33 heavy (non-hydrogen) atoms. The summed E-state index contributed by atoms with van der Waals surface area (Å²) >= 11 is 2.84. The Balaban J connectivity index is 1.05. The van der Waals surface area contributed by atoms with Gasteiger partial charge in [-0.2, -0.15) is 4.31 Å². The molecule has 4 aromatic rings. The Morgan fingerprint density at radius 3 is 2.39 bits per heavy atom. The number of fused-ring (bicyclic) bond motifs is 2. The van der Waals surface area contributed by atoms with Crippen molar-refractivity contribution in [3.05, 3.63) is 71.6 Å². The molecule has 2 aliphatic heterocycles. The first-order chi connectivity index (χ1) is 16.0. The molecule has 0 spiro atoms. The number of benzene rings is 2. The van der Waals surface area contributed by atoms with Crippen LogP contribution in [0, 0.1) is 11.8 Å². The molecule has 0 N–H and O–H groups in total. The number of ether oxygens (including phenoxy) is 1. The van der Waals surface area contributed by atoms with E-state index in [1.165, 1.54) is 16.9 Å². The zero-order valence-corrected chi connectivity index (χ0v) is 20.3. The molecule has 2 aromatic heterocycles. The van der Waals surface area contributed by atoms with Crippen molar-refractivity contribution in [1.29, 1.82) is 0 Å². The Bertz CT molecular complexity index is 1320. The number of hydrogen-bond acceptors (Lipinski definition) is 7. The van der Waals surface area contributed by atoms with E-state index in [2.05, 4.69) is 22.0 Å². The monoisotopic (exact) mass is 497 g/mol. The van der Waals surface area contributed by atoms with Crippen LogP contribution in [0.3, 0.4) is 0 Å². The highest BCUT2D eigenvalue weighted by molar-refractivity contribution is 7.91. The maximum absolute atomic E-state index is 12.8. The third-order valence-electron chi connectivity index (χ3n) is 6.43. The van der Waals surface area contributed by atoms with Crippen molar-refractivity contribution in [2.24, 2.45) is 11.8 Å². The fraction of sp³-hybridized carbons (Fsp3) is 0.292. The molecule has 2 aromatic carbocycles. The predicted molar refractivity (Wildman–Crippen MR) is 131 cm³/mol. The fourth-order valence-electron chi connectivity index (χ4n) is 4.83. The van der Waals surface area contributed by atoms with Gasteiger partial charge in [-0.25, -0.2) is 13.4 Å². The highest BCUT2D eigenvalue weighted by atomic mass is 32.2. The molecule has 0 aliphatic carbocycles. The van der Waals surface area contributed by atoms with Gasteiger partial charge in [0.15, 0.2) is 0 Å². The maximum Gasteiger partial charge on any atom is 0.279 e. The molecule has 9 heteroatoms. The lowest BCUT2D eigenvalue weighted by molar-refractivity contribution is 0.289. The standard InChI is InChI=1S/C24H23N3O3S3/c28-33(29,23-6-3-11-31-23)27-15-18-13-26(14-19(18)16-27)12-17-7-9-20(10-8-17)30-24-25-21-4-1-2-5-22(21)32-24/h1-11,18-19H,12-16H2. The number of aromatic nitrogens is 1. The third-order valence-corrected chi connectivity index (χ3v) is 10.5. The van der Waals surface area contributed by atoms with Crippen LogP contribution < -0.4 is 4.74 Å². The zero-order chi connectivity index (χ0) is 22.4. The van der Waals surface area contributed by atoms with E-state index in [9.17, 15) is 8.42 Å². The highest BCUT2D eigenvalue weighted by Gasteiger charge is 2.44. The van der Waals surface area contributed by atoms with Crippen LogP contribution in [0.2, 0.25) is 0 Å². The van der Waals surface area contributed by atoms with Crippen LogP contribution in [-0.4, -0.2) is 48.8 Å². The molecule has 0 amide bonds. The van der Waals surface area contributed by atoms with Crippen LogP contribution in [0.5, 0.6) is 10.9 Å². The van der Waals surface area contributed by atoms with E-state index in [1.807, 2.05) is 41.8 Å². The zero-order valence-electron chi connectivity index (χ0n) is 17.8. The quantitative estimate of drug-likeness (QED) is 0.379. The van der Waals surface area contributed by atoms with E-state index in [1.54, 1.807) is 27.8 Å². The summed E-state index contributed by atoms with van der Waals surface area (Å²) in [5.74, 6) is 1.59. The van der Waals surface area contributed by atoms with Crippen LogP contribution in [0.4, 0.5) is 0 Å². The maximum atomic E-state index is 12.8. The normalized spacial score (nSPS) is 21.6. The SMILES string of the molecule is O=S(=O)(c1cccs1)N1CC2CN(Cc3ccc(Oc4nc5ccccc5s4)cc3)CC2C1. The average Bonchev–Trinajstić information content (AvgIpc) is 3.58. The third kappa shape index (κ3) is 4.20. The molecular formula is C24H23N3O3S3. The van der Waals surface area contributed by atoms with Gasteiger partial charge in [-0.05, 0) is 53.1 Å². The first kappa shape index (κ1) is 21.2. The first-order valence-corrected chi connectivity index (χ1v) is 14.1. The molecule has 0 bridgehead atoms. The molecule has 2 aliphatic rings. The van der Waals surface area contributed by atoms with Crippen molar-refractivity contribution in [2.75, 3.05) is 26.2 Å². The van der Waals surface area contributed by atoms with Crippen molar-refractivity contribution in [1.82, 2.24) is 14.2 Å². The summed E-state index contributed by atoms with van der Waals surface area (Å²) in [6, 6.07) is 19.7. The summed E-state index contributed by atoms with van der Waals surface area (Å²) < 4.78 is 34.8. The van der Waals surface area contributed by atoms with Gasteiger partial charge in [0.2, 0.25) is 0 Å². The van der Waals surface area contributed by atoms with Gasteiger partial charge < -0.3 is 4.74 Å². The van der Waals surface area contributed by atoms with Crippen LogP contribution in [0.25, 0.3) is 10.2 Å². The minimum Gasteiger partial charge on any atom is -0.431 e. The largest absolute Gasteiger partial charge is 0.431 e. The minimum absolute atomic E-state index is 0.404. The van der Waals surface area contributed by atoms with E-state index in [-0.39, 0.29) is 0 Å². The van der Waals surface area contributed by atoms with Gasteiger partial charge in [-0.15, -0.1) is 11.3 Å². The van der Waals surface area contributed by atoms with Crippen molar-refractivity contribution in [3.63, 3.8) is 0 Å².